The van der Waals surface area contributed by atoms with Gasteiger partial charge in [0, 0.05) is 95.8 Å². The molecule has 0 radical (unpaired) electrons. The number of hydrogen-bond donors (Lipinski definition) is 0. The minimum absolute atomic E-state index is 0.119. The monoisotopic (exact) mass is 687 g/mol. The highest BCUT2D eigenvalue weighted by atomic mass is 16.5. The van der Waals surface area contributed by atoms with Crippen LogP contribution >= 0.6 is 0 Å². The number of ketones is 3. The van der Waals surface area contributed by atoms with Gasteiger partial charge in [0.1, 0.15) is 37.1 Å². The van der Waals surface area contributed by atoms with Crippen LogP contribution in [0, 0.1) is 0 Å². The van der Waals surface area contributed by atoms with E-state index in [2.05, 4.69) is 0 Å². The first-order valence-corrected chi connectivity index (χ1v) is 16.4. The summed E-state index contributed by atoms with van der Waals surface area (Å²) in [5, 5.41) is 0. The molecule has 0 amide bonds. The fourth-order valence-corrected chi connectivity index (χ4v) is 4.75. The minimum Gasteiger partial charge on any atom is -0.489 e. The van der Waals surface area contributed by atoms with Crippen LogP contribution in [-0.2, 0) is 19.8 Å². The third kappa shape index (κ3) is 12.7. The Hall–Kier alpha value is -6.09. The van der Waals surface area contributed by atoms with E-state index >= 15 is 0 Å². The highest BCUT2D eigenvalue weighted by molar-refractivity contribution is 6.05. The van der Waals surface area contributed by atoms with Crippen molar-refractivity contribution in [3.8, 4) is 17.2 Å². The Morgan fingerprint density at radius 3 is 0.980 bits per heavy atom. The van der Waals surface area contributed by atoms with Crippen LogP contribution in [0.5, 0.6) is 17.2 Å². The van der Waals surface area contributed by atoms with Gasteiger partial charge in [-0.2, -0.15) is 0 Å². The summed E-state index contributed by atoms with van der Waals surface area (Å²) < 4.78 is 18.4. The molecule has 4 aromatic carbocycles. The first-order valence-electron chi connectivity index (χ1n) is 16.4. The molecule has 0 N–H and O–H groups in total. The van der Waals surface area contributed by atoms with Crippen LogP contribution in [0.3, 0.4) is 0 Å². The topological polar surface area (TPSA) is 88.6 Å². The van der Waals surface area contributed by atoms with E-state index in [9.17, 15) is 14.4 Å². The van der Waals surface area contributed by atoms with E-state index in [-0.39, 0.29) is 37.2 Å². The number of hydrogen-bond acceptors (Lipinski definition) is 9. The third-order valence-electron chi connectivity index (χ3n) is 7.26. The molecule has 0 aromatic heterocycles. The maximum Gasteiger partial charge on any atom is 0.187 e. The van der Waals surface area contributed by atoms with Crippen molar-refractivity contribution in [2.45, 2.75) is 19.8 Å². The van der Waals surface area contributed by atoms with Gasteiger partial charge in [0.25, 0.3) is 0 Å². The predicted octanol–water partition coefficient (Wildman–Crippen LogP) is 7.20. The van der Waals surface area contributed by atoms with Crippen LogP contribution in [0.15, 0.2) is 128 Å². The molecular formula is C42H45N3O6. The third-order valence-corrected chi connectivity index (χ3v) is 7.26. The number of carbonyl (C=O) groups is 3. The van der Waals surface area contributed by atoms with Crippen molar-refractivity contribution >= 4 is 17.3 Å². The second kappa shape index (κ2) is 18.6. The quantitative estimate of drug-likeness (QED) is 0.0796. The van der Waals surface area contributed by atoms with Gasteiger partial charge in [-0.05, 0) is 71.3 Å². The van der Waals surface area contributed by atoms with Gasteiger partial charge in [-0.3, -0.25) is 14.4 Å². The molecule has 9 heteroatoms. The number of nitrogens with zero attached hydrogens (tertiary/aromatic N) is 3. The molecule has 0 spiro atoms. The van der Waals surface area contributed by atoms with Gasteiger partial charge in [-0.1, -0.05) is 36.4 Å². The van der Waals surface area contributed by atoms with Gasteiger partial charge >= 0.3 is 0 Å². The van der Waals surface area contributed by atoms with Gasteiger partial charge in [-0.25, -0.2) is 0 Å². The summed E-state index contributed by atoms with van der Waals surface area (Å²) in [6.07, 6.45) is 9.69. The van der Waals surface area contributed by atoms with Crippen LogP contribution in [0.2, 0.25) is 0 Å². The normalized spacial score (nSPS) is 11.2. The smallest absolute Gasteiger partial charge is 0.187 e. The Kier molecular flexibility index (Phi) is 13.8. The molecule has 4 aromatic rings. The number of benzene rings is 4. The molecule has 9 nitrogen and oxygen atoms in total. The van der Waals surface area contributed by atoms with E-state index in [1.54, 1.807) is 87.9 Å². The maximum atomic E-state index is 12.6. The molecule has 0 aliphatic heterocycles. The number of carbonyl (C=O) groups excluding carboxylic acids is 3. The lowest BCUT2D eigenvalue weighted by atomic mass is 10.1. The Labute approximate surface area is 300 Å². The molecule has 264 valence electrons. The summed E-state index contributed by atoms with van der Waals surface area (Å²) in [4.78, 5) is 43.3. The summed E-state index contributed by atoms with van der Waals surface area (Å²) in [6.45, 7) is 0.698. The lowest BCUT2D eigenvalue weighted by Crippen LogP contribution is -2.05. The second-order valence-electron chi connectivity index (χ2n) is 12.5. The Bertz CT molecular complexity index is 1680. The van der Waals surface area contributed by atoms with Crippen LogP contribution in [0.1, 0.15) is 47.8 Å². The average molecular weight is 688 g/mol. The number of ether oxygens (including phenoxy) is 3. The zero-order chi connectivity index (χ0) is 36.8. The van der Waals surface area contributed by atoms with E-state index in [0.717, 1.165) is 16.7 Å². The van der Waals surface area contributed by atoms with Crippen molar-refractivity contribution < 1.29 is 28.6 Å². The van der Waals surface area contributed by atoms with Crippen molar-refractivity contribution in [2.24, 2.45) is 0 Å². The molecule has 0 aliphatic rings. The lowest BCUT2D eigenvalue weighted by Gasteiger charge is -2.14. The molecule has 0 fully saturated rings. The van der Waals surface area contributed by atoms with Gasteiger partial charge in [0.05, 0.1) is 0 Å². The minimum atomic E-state index is -0.119. The van der Waals surface area contributed by atoms with Crippen LogP contribution in [0.25, 0.3) is 0 Å². The number of allylic oxidation sites excluding steroid dienone is 3. The lowest BCUT2D eigenvalue weighted by molar-refractivity contribution is 0.103. The van der Waals surface area contributed by atoms with E-state index in [1.807, 2.05) is 78.7 Å². The van der Waals surface area contributed by atoms with Gasteiger partial charge in [0.2, 0.25) is 0 Å². The molecule has 0 heterocycles. The molecule has 0 saturated heterocycles. The van der Waals surface area contributed by atoms with Gasteiger partial charge < -0.3 is 28.9 Å². The van der Waals surface area contributed by atoms with E-state index in [1.165, 1.54) is 18.2 Å². The molecule has 0 bridgehead atoms. The van der Waals surface area contributed by atoms with Crippen molar-refractivity contribution in [3.63, 3.8) is 0 Å². The SMILES string of the molecule is CN(C)/C=C/C(=O)c1cccc(OCc2cc(COc3cccc(C(=O)/C=C/N(C)C)c3)cc(COc3cccc(C(=O)/C=C/N(C)C)c3)c2)c1. The van der Waals surface area contributed by atoms with Crippen LogP contribution < -0.4 is 14.2 Å². The zero-order valence-electron chi connectivity index (χ0n) is 30.0. The predicted molar refractivity (Wildman–Crippen MR) is 200 cm³/mol. The summed E-state index contributed by atoms with van der Waals surface area (Å²) >= 11 is 0. The first-order chi connectivity index (χ1) is 24.4. The largest absolute Gasteiger partial charge is 0.489 e. The summed E-state index contributed by atoms with van der Waals surface area (Å²) in [6, 6.07) is 27.2. The van der Waals surface area contributed by atoms with Crippen LogP contribution in [0.4, 0.5) is 0 Å². The van der Waals surface area contributed by atoms with E-state index < -0.39 is 0 Å². The average Bonchev–Trinajstić information content (AvgIpc) is 3.12. The summed E-state index contributed by atoms with van der Waals surface area (Å²) in [5.74, 6) is 1.33. The summed E-state index contributed by atoms with van der Waals surface area (Å²) in [7, 11) is 11.1. The van der Waals surface area contributed by atoms with Gasteiger partial charge in [0.15, 0.2) is 17.3 Å². The molecular weight excluding hydrogens is 642 g/mol. The Balaban J connectivity index is 1.53. The molecule has 0 atom stereocenters. The fourth-order valence-electron chi connectivity index (χ4n) is 4.75. The van der Waals surface area contributed by atoms with Crippen LogP contribution in [-0.4, -0.2) is 74.3 Å². The molecule has 0 saturated carbocycles. The highest BCUT2D eigenvalue weighted by Crippen LogP contribution is 2.22. The van der Waals surface area contributed by atoms with Crippen molar-refractivity contribution in [2.75, 3.05) is 42.3 Å². The standard InChI is InChI=1S/C42H45N3O6/c1-43(2)19-16-40(46)34-10-7-13-37(25-34)49-28-31-22-32(29-50-38-14-8-11-35(26-38)41(47)17-20-44(3)4)24-33(23-31)30-51-39-15-9-12-36(27-39)42(48)18-21-45(5)6/h7-27H,28-30H2,1-6H3/b19-16+,20-17+,21-18+. The fraction of sp³-hybridized carbons (Fsp3) is 0.214. The van der Waals surface area contributed by atoms with E-state index in [0.29, 0.717) is 33.9 Å². The van der Waals surface area contributed by atoms with Gasteiger partial charge in [-0.15, -0.1) is 0 Å². The highest BCUT2D eigenvalue weighted by Gasteiger charge is 2.10. The zero-order valence-corrected chi connectivity index (χ0v) is 30.0. The summed E-state index contributed by atoms with van der Waals surface area (Å²) in [5.41, 5.74) is 4.19. The van der Waals surface area contributed by atoms with Crippen molar-refractivity contribution in [1.29, 1.82) is 0 Å². The molecule has 4 rings (SSSR count). The molecule has 0 aliphatic carbocycles. The molecule has 0 unspecified atom stereocenters. The Morgan fingerprint density at radius 2 is 0.725 bits per heavy atom. The maximum absolute atomic E-state index is 12.6. The first kappa shape index (κ1) is 37.7. The molecule has 51 heavy (non-hydrogen) atoms. The Morgan fingerprint density at radius 1 is 0.451 bits per heavy atom. The number of rotatable bonds is 18. The van der Waals surface area contributed by atoms with Crippen molar-refractivity contribution in [3.05, 3.63) is 161 Å². The van der Waals surface area contributed by atoms with E-state index in [4.69, 9.17) is 14.2 Å². The second-order valence-corrected chi connectivity index (χ2v) is 12.5. The van der Waals surface area contributed by atoms with Crippen molar-refractivity contribution in [1.82, 2.24) is 14.7 Å².